The standard InChI is InChI=1S/C16H21BrO2/c1-4-11(8-12-9-14(12)16(18)19-3)13-6-5-10(2)7-15(13)17/h5-7,11-12,14H,4,8-9H2,1-3H3. The van der Waals surface area contributed by atoms with Crippen molar-refractivity contribution in [2.24, 2.45) is 11.8 Å². The lowest BCUT2D eigenvalue weighted by molar-refractivity contribution is -0.142. The molecule has 104 valence electrons. The lowest BCUT2D eigenvalue weighted by Gasteiger charge is -2.17. The highest BCUT2D eigenvalue weighted by atomic mass is 79.9. The van der Waals surface area contributed by atoms with E-state index in [1.165, 1.54) is 22.7 Å². The minimum atomic E-state index is -0.0391. The van der Waals surface area contributed by atoms with Gasteiger partial charge in [0.15, 0.2) is 0 Å². The molecule has 0 N–H and O–H groups in total. The Labute approximate surface area is 123 Å². The van der Waals surface area contributed by atoms with Gasteiger partial charge in [-0.3, -0.25) is 4.79 Å². The zero-order valence-corrected chi connectivity index (χ0v) is 13.4. The van der Waals surface area contributed by atoms with E-state index < -0.39 is 0 Å². The number of hydrogen-bond acceptors (Lipinski definition) is 2. The first-order chi connectivity index (χ1) is 9.06. The number of carbonyl (C=O) groups excluding carboxylic acids is 1. The van der Waals surface area contributed by atoms with Crippen molar-refractivity contribution in [2.45, 2.75) is 39.0 Å². The molecule has 1 saturated carbocycles. The smallest absolute Gasteiger partial charge is 0.308 e. The summed E-state index contributed by atoms with van der Waals surface area (Å²) in [6.07, 6.45) is 3.18. The summed E-state index contributed by atoms with van der Waals surface area (Å²) in [6, 6.07) is 6.54. The maximum absolute atomic E-state index is 11.5. The van der Waals surface area contributed by atoms with Gasteiger partial charge >= 0.3 is 5.97 Å². The Hall–Kier alpha value is -0.830. The average molecular weight is 325 g/mol. The molecule has 0 aromatic heterocycles. The third-order valence-corrected chi connectivity index (χ3v) is 4.79. The summed E-state index contributed by atoms with van der Waals surface area (Å²) in [5.41, 5.74) is 2.63. The van der Waals surface area contributed by atoms with Crippen LogP contribution in [0.2, 0.25) is 0 Å². The van der Waals surface area contributed by atoms with Crippen LogP contribution < -0.4 is 0 Å². The molecule has 2 nitrogen and oxygen atoms in total. The summed E-state index contributed by atoms with van der Waals surface area (Å²) in [4.78, 5) is 11.5. The van der Waals surface area contributed by atoms with E-state index >= 15 is 0 Å². The fraction of sp³-hybridized carbons (Fsp3) is 0.562. The van der Waals surface area contributed by atoms with Crippen LogP contribution in [-0.2, 0) is 9.53 Å². The van der Waals surface area contributed by atoms with Gasteiger partial charge in [-0.25, -0.2) is 0 Å². The van der Waals surface area contributed by atoms with Crippen LogP contribution in [0.4, 0.5) is 0 Å². The molecule has 2 rings (SSSR count). The first-order valence-electron chi connectivity index (χ1n) is 6.90. The van der Waals surface area contributed by atoms with Crippen LogP contribution in [0, 0.1) is 18.8 Å². The molecule has 0 radical (unpaired) electrons. The van der Waals surface area contributed by atoms with Crippen LogP contribution in [0.1, 0.15) is 43.2 Å². The number of halogens is 1. The third kappa shape index (κ3) is 3.38. The van der Waals surface area contributed by atoms with Crippen molar-refractivity contribution in [3.8, 4) is 0 Å². The first kappa shape index (κ1) is 14.6. The Bertz CT molecular complexity index is 470. The molecule has 1 aromatic carbocycles. The Morgan fingerprint density at radius 3 is 2.84 bits per heavy atom. The molecule has 0 saturated heterocycles. The minimum Gasteiger partial charge on any atom is -0.469 e. The van der Waals surface area contributed by atoms with Crippen molar-refractivity contribution >= 4 is 21.9 Å². The zero-order chi connectivity index (χ0) is 14.0. The van der Waals surface area contributed by atoms with Crippen LogP contribution in [0.25, 0.3) is 0 Å². The molecule has 0 spiro atoms. The zero-order valence-electron chi connectivity index (χ0n) is 11.8. The molecule has 3 atom stereocenters. The molecule has 1 fully saturated rings. The van der Waals surface area contributed by atoms with Crippen molar-refractivity contribution < 1.29 is 9.53 Å². The highest BCUT2D eigenvalue weighted by Gasteiger charge is 2.44. The Morgan fingerprint density at radius 2 is 2.26 bits per heavy atom. The largest absolute Gasteiger partial charge is 0.469 e. The van der Waals surface area contributed by atoms with Crippen LogP contribution >= 0.6 is 15.9 Å². The van der Waals surface area contributed by atoms with Gasteiger partial charge in [-0.1, -0.05) is 35.0 Å². The number of methoxy groups -OCH3 is 1. The van der Waals surface area contributed by atoms with Gasteiger partial charge in [-0.15, -0.1) is 0 Å². The second kappa shape index (κ2) is 6.08. The van der Waals surface area contributed by atoms with Crippen molar-refractivity contribution in [1.82, 2.24) is 0 Å². The highest BCUT2D eigenvalue weighted by molar-refractivity contribution is 9.10. The van der Waals surface area contributed by atoms with Crippen molar-refractivity contribution in [2.75, 3.05) is 7.11 Å². The Morgan fingerprint density at radius 1 is 1.53 bits per heavy atom. The number of carbonyl (C=O) groups is 1. The molecule has 0 aliphatic heterocycles. The fourth-order valence-electron chi connectivity index (χ4n) is 2.79. The second-order valence-corrected chi connectivity index (χ2v) is 6.35. The van der Waals surface area contributed by atoms with Crippen LogP contribution in [-0.4, -0.2) is 13.1 Å². The number of ether oxygens (including phenoxy) is 1. The van der Waals surface area contributed by atoms with Crippen molar-refractivity contribution in [3.63, 3.8) is 0 Å². The SMILES string of the molecule is CCC(CC1CC1C(=O)OC)c1ccc(C)cc1Br. The van der Waals surface area contributed by atoms with Crippen LogP contribution in [0.5, 0.6) is 0 Å². The molecule has 0 amide bonds. The van der Waals surface area contributed by atoms with E-state index in [-0.39, 0.29) is 11.9 Å². The van der Waals surface area contributed by atoms with Crippen molar-refractivity contribution in [1.29, 1.82) is 0 Å². The lowest BCUT2D eigenvalue weighted by Crippen LogP contribution is -2.07. The van der Waals surface area contributed by atoms with Gasteiger partial charge in [0.2, 0.25) is 0 Å². The van der Waals surface area contributed by atoms with Gasteiger partial charge in [0, 0.05) is 4.47 Å². The van der Waals surface area contributed by atoms with Gasteiger partial charge in [0.25, 0.3) is 0 Å². The summed E-state index contributed by atoms with van der Waals surface area (Å²) in [5, 5.41) is 0. The summed E-state index contributed by atoms with van der Waals surface area (Å²) in [7, 11) is 1.48. The monoisotopic (exact) mass is 324 g/mol. The maximum Gasteiger partial charge on any atom is 0.308 e. The van der Waals surface area contributed by atoms with Gasteiger partial charge in [0.05, 0.1) is 13.0 Å². The van der Waals surface area contributed by atoms with E-state index in [2.05, 4.69) is 48.0 Å². The highest BCUT2D eigenvalue weighted by Crippen LogP contribution is 2.47. The quantitative estimate of drug-likeness (QED) is 0.748. The van der Waals surface area contributed by atoms with Crippen LogP contribution in [0.15, 0.2) is 22.7 Å². The molecular weight excluding hydrogens is 304 g/mol. The summed E-state index contributed by atoms with van der Waals surface area (Å²) >= 11 is 3.66. The molecule has 0 heterocycles. The molecule has 3 unspecified atom stereocenters. The minimum absolute atomic E-state index is 0.0391. The summed E-state index contributed by atoms with van der Waals surface area (Å²) < 4.78 is 6.01. The fourth-order valence-corrected chi connectivity index (χ4v) is 3.61. The Kier molecular flexibility index (Phi) is 4.67. The first-order valence-corrected chi connectivity index (χ1v) is 7.70. The van der Waals surface area contributed by atoms with E-state index in [0.29, 0.717) is 11.8 Å². The van der Waals surface area contributed by atoms with Crippen LogP contribution in [0.3, 0.4) is 0 Å². The normalized spacial score (nSPS) is 22.9. The van der Waals surface area contributed by atoms with E-state index in [9.17, 15) is 4.79 Å². The van der Waals surface area contributed by atoms with Crippen molar-refractivity contribution in [3.05, 3.63) is 33.8 Å². The molecule has 0 bridgehead atoms. The van der Waals surface area contributed by atoms with E-state index in [4.69, 9.17) is 4.74 Å². The lowest BCUT2D eigenvalue weighted by atomic mass is 9.90. The van der Waals surface area contributed by atoms with E-state index in [0.717, 1.165) is 19.3 Å². The molecule has 19 heavy (non-hydrogen) atoms. The second-order valence-electron chi connectivity index (χ2n) is 5.49. The van der Waals surface area contributed by atoms with Gasteiger partial charge in [0.1, 0.15) is 0 Å². The summed E-state index contributed by atoms with van der Waals surface area (Å²) in [5.74, 6) is 1.13. The number of rotatable bonds is 5. The number of esters is 1. The molecule has 3 heteroatoms. The topological polar surface area (TPSA) is 26.3 Å². The number of aryl methyl sites for hydroxylation is 1. The van der Waals surface area contributed by atoms with Gasteiger partial charge in [-0.2, -0.15) is 0 Å². The van der Waals surface area contributed by atoms with E-state index in [1.807, 2.05) is 0 Å². The third-order valence-electron chi connectivity index (χ3n) is 4.10. The molecular formula is C16H21BrO2. The molecule has 1 aromatic rings. The average Bonchev–Trinajstić information content (AvgIpc) is 3.15. The van der Waals surface area contributed by atoms with Gasteiger partial charge < -0.3 is 4.74 Å². The molecule has 1 aliphatic carbocycles. The summed E-state index contributed by atoms with van der Waals surface area (Å²) in [6.45, 7) is 4.32. The predicted octanol–water partition coefficient (Wildman–Crippen LogP) is 4.45. The number of benzene rings is 1. The van der Waals surface area contributed by atoms with E-state index in [1.54, 1.807) is 0 Å². The maximum atomic E-state index is 11.5. The Balaban J connectivity index is 2.03. The molecule has 1 aliphatic rings. The number of hydrogen-bond donors (Lipinski definition) is 0. The predicted molar refractivity (Wildman–Crippen MR) is 80.1 cm³/mol. The van der Waals surface area contributed by atoms with Gasteiger partial charge in [-0.05, 0) is 55.2 Å².